The quantitative estimate of drug-likeness (QED) is 0.383. The van der Waals surface area contributed by atoms with Crippen LogP contribution in [0.1, 0.15) is 27.1 Å². The molecule has 0 aromatic heterocycles. The van der Waals surface area contributed by atoms with Crippen LogP contribution in [0.5, 0.6) is 0 Å². The molecule has 0 spiro atoms. The molecule has 0 aromatic rings. The number of carbonyl (C=O) groups is 1. The average molecular weight is 151 g/mol. The summed E-state index contributed by atoms with van der Waals surface area (Å²) in [5, 5.41) is 16.2. The molecule has 10 heavy (non-hydrogen) atoms. The molecule has 0 radical (unpaired) electrons. The van der Waals surface area contributed by atoms with Crippen molar-refractivity contribution in [2.45, 2.75) is 25.7 Å². The average Bonchev–Trinajstić information content (AvgIpc) is 1.80. The largest absolute Gasteiger partial charge is 1.00 e. The number of hydrogen-bond acceptors (Lipinski definition) is 2. The predicted molar refractivity (Wildman–Crippen MR) is 32.8 cm³/mol. The Balaban J connectivity index is -0.000000320. The third-order valence-electron chi connectivity index (χ3n) is 0.929. The molecule has 1 N–H and O–H groups in total. The van der Waals surface area contributed by atoms with E-state index in [2.05, 4.69) is 0 Å². The maximum absolute atomic E-state index is 9.88. The first kappa shape index (κ1) is 12.6. The Labute approximate surface area is 83.8 Å². The summed E-state index contributed by atoms with van der Waals surface area (Å²) in [6.45, 7) is 0. The first-order valence-corrected chi connectivity index (χ1v) is 2.86. The zero-order valence-corrected chi connectivity index (χ0v) is 8.13. The van der Waals surface area contributed by atoms with Crippen LogP contribution in [0.15, 0.2) is 0 Å². The van der Waals surface area contributed by atoms with Crippen molar-refractivity contribution >= 4 is 5.97 Å². The van der Waals surface area contributed by atoms with E-state index < -0.39 is 5.97 Å². The molecular formula is C6H10NNaO2. The van der Waals surface area contributed by atoms with Crippen LogP contribution >= 0.6 is 0 Å². The van der Waals surface area contributed by atoms with Crippen LogP contribution in [0.3, 0.4) is 0 Å². The molecule has 4 heteroatoms. The van der Waals surface area contributed by atoms with E-state index in [0.717, 1.165) is 0 Å². The summed E-state index contributed by atoms with van der Waals surface area (Å²) in [7, 11) is 0. The van der Waals surface area contributed by atoms with Gasteiger partial charge < -0.3 is 6.53 Å². The molecule has 0 heterocycles. The van der Waals surface area contributed by atoms with Gasteiger partial charge in [0.1, 0.15) is 0 Å². The van der Waals surface area contributed by atoms with Gasteiger partial charge in [-0.15, -0.1) is 0 Å². The minimum Gasteiger partial charge on any atom is -1.00 e. The van der Waals surface area contributed by atoms with Crippen molar-refractivity contribution in [1.82, 2.24) is 0 Å². The molecular weight excluding hydrogens is 141 g/mol. The van der Waals surface area contributed by atoms with Gasteiger partial charge in [-0.3, -0.25) is 4.79 Å². The molecule has 52 valence electrons. The summed E-state index contributed by atoms with van der Waals surface area (Å²) >= 11 is 0. The zero-order valence-electron chi connectivity index (χ0n) is 7.13. The Morgan fingerprint density at radius 1 is 1.60 bits per heavy atom. The Morgan fingerprint density at radius 2 is 2.20 bits per heavy atom. The van der Waals surface area contributed by atoms with Crippen molar-refractivity contribution in [1.29, 1.82) is 5.26 Å². The van der Waals surface area contributed by atoms with Gasteiger partial charge in [-0.1, -0.05) is 0 Å². The maximum Gasteiger partial charge on any atom is 1.00 e. The molecule has 0 atom stereocenters. The monoisotopic (exact) mass is 151 g/mol. The fourth-order valence-corrected chi connectivity index (χ4v) is 0.480. The second-order valence-corrected chi connectivity index (χ2v) is 1.76. The number of hydrogen-bond donors (Lipinski definition) is 1. The first-order chi connectivity index (χ1) is 4.27. The van der Waals surface area contributed by atoms with Gasteiger partial charge in [0.2, 0.25) is 0 Å². The zero-order chi connectivity index (χ0) is 7.11. The molecule has 0 aliphatic heterocycles. The maximum atomic E-state index is 9.88. The molecule has 3 nitrogen and oxygen atoms in total. The van der Waals surface area contributed by atoms with Crippen molar-refractivity contribution in [2.75, 3.05) is 0 Å². The topological polar surface area (TPSA) is 61.1 Å². The summed E-state index contributed by atoms with van der Waals surface area (Å²) in [5.41, 5.74) is 0. The normalized spacial score (nSPS) is 7.50. The fraction of sp³-hybridized carbons (Fsp3) is 0.667. The minimum atomic E-state index is -0.784. The molecule has 0 aliphatic rings. The van der Waals surface area contributed by atoms with Crippen LogP contribution in [0.2, 0.25) is 0 Å². The molecule has 0 aliphatic carbocycles. The van der Waals surface area contributed by atoms with Gasteiger partial charge in [-0.2, -0.15) is 5.26 Å². The fourth-order valence-electron chi connectivity index (χ4n) is 0.480. The summed E-state index contributed by atoms with van der Waals surface area (Å²) < 4.78 is 0. The van der Waals surface area contributed by atoms with E-state index in [-0.39, 0.29) is 37.4 Å². The van der Waals surface area contributed by atoms with Crippen LogP contribution in [0.4, 0.5) is 0 Å². The molecule has 0 bridgehead atoms. The molecule has 0 saturated carbocycles. The van der Waals surface area contributed by atoms with E-state index in [1.54, 1.807) is 0 Å². The molecule has 0 saturated heterocycles. The van der Waals surface area contributed by atoms with Crippen LogP contribution in [-0.4, -0.2) is 11.1 Å². The number of aliphatic carboxylic acids is 1. The number of unbranched alkanes of at least 4 members (excludes halogenated alkanes) is 2. The van der Waals surface area contributed by atoms with Crippen molar-refractivity contribution < 1.29 is 40.9 Å². The van der Waals surface area contributed by atoms with Crippen LogP contribution in [0.25, 0.3) is 0 Å². The Morgan fingerprint density at radius 3 is 2.60 bits per heavy atom. The van der Waals surface area contributed by atoms with E-state index in [1.807, 2.05) is 6.07 Å². The van der Waals surface area contributed by atoms with Crippen LogP contribution in [0, 0.1) is 11.3 Å². The number of nitrogens with zero attached hydrogens (tertiary/aromatic N) is 1. The Bertz CT molecular complexity index is 135. The van der Waals surface area contributed by atoms with Crippen LogP contribution in [-0.2, 0) is 4.79 Å². The predicted octanol–water partition coefficient (Wildman–Crippen LogP) is -1.73. The SMILES string of the molecule is N#CCCCCC(=O)O.[H-].[Na+]. The van der Waals surface area contributed by atoms with Crippen molar-refractivity contribution in [3.05, 3.63) is 0 Å². The number of rotatable bonds is 4. The van der Waals surface area contributed by atoms with E-state index in [0.29, 0.717) is 19.3 Å². The van der Waals surface area contributed by atoms with Gasteiger partial charge in [-0.05, 0) is 12.8 Å². The van der Waals surface area contributed by atoms with Crippen molar-refractivity contribution in [3.63, 3.8) is 0 Å². The summed E-state index contributed by atoms with van der Waals surface area (Å²) in [5.74, 6) is -0.784. The van der Waals surface area contributed by atoms with Gasteiger partial charge in [0.05, 0.1) is 6.07 Å². The van der Waals surface area contributed by atoms with Crippen LogP contribution < -0.4 is 29.6 Å². The Kier molecular flexibility index (Phi) is 11.3. The second-order valence-electron chi connectivity index (χ2n) is 1.76. The first-order valence-electron chi connectivity index (χ1n) is 2.86. The second kappa shape index (κ2) is 8.96. The standard InChI is InChI=1S/C6H9NO2.Na.H/c7-5-3-1-2-4-6(8)9;;/h1-4H2,(H,8,9);;/q;+1;-1. The van der Waals surface area contributed by atoms with Gasteiger partial charge in [-0.25, -0.2) is 0 Å². The van der Waals surface area contributed by atoms with E-state index >= 15 is 0 Å². The minimum absolute atomic E-state index is 0. The van der Waals surface area contributed by atoms with Gasteiger partial charge >= 0.3 is 35.5 Å². The van der Waals surface area contributed by atoms with E-state index in [1.165, 1.54) is 0 Å². The molecule has 0 unspecified atom stereocenters. The Hall–Kier alpha value is -0.0400. The molecule has 0 amide bonds. The van der Waals surface area contributed by atoms with Gasteiger partial charge in [0.25, 0.3) is 0 Å². The summed E-state index contributed by atoms with van der Waals surface area (Å²) in [4.78, 5) is 9.88. The van der Waals surface area contributed by atoms with Crippen molar-refractivity contribution in [3.8, 4) is 6.07 Å². The third-order valence-corrected chi connectivity index (χ3v) is 0.929. The summed E-state index contributed by atoms with van der Waals surface area (Å²) in [6, 6.07) is 1.95. The smallest absolute Gasteiger partial charge is 1.00 e. The van der Waals surface area contributed by atoms with E-state index in [9.17, 15) is 4.79 Å². The molecule has 0 fully saturated rings. The molecule has 0 rings (SSSR count). The number of carboxylic acid groups (broad SMARTS) is 1. The number of carboxylic acids is 1. The summed E-state index contributed by atoms with van der Waals surface area (Å²) in [6.07, 6.45) is 1.96. The van der Waals surface area contributed by atoms with E-state index in [4.69, 9.17) is 10.4 Å². The molecule has 0 aromatic carbocycles. The third kappa shape index (κ3) is 10.9. The number of nitriles is 1. The van der Waals surface area contributed by atoms with Gasteiger partial charge in [0.15, 0.2) is 0 Å². The van der Waals surface area contributed by atoms with Gasteiger partial charge in [0, 0.05) is 12.8 Å². The van der Waals surface area contributed by atoms with Crippen molar-refractivity contribution in [2.24, 2.45) is 0 Å².